The number of anilines is 1. The second-order valence-electron chi connectivity index (χ2n) is 6.31. The molecule has 0 saturated heterocycles. The van der Waals surface area contributed by atoms with Crippen molar-refractivity contribution < 1.29 is 0 Å². The van der Waals surface area contributed by atoms with Gasteiger partial charge in [0.15, 0.2) is 16.6 Å². The second kappa shape index (κ2) is 7.25. The van der Waals surface area contributed by atoms with Crippen LogP contribution in [0.1, 0.15) is 24.1 Å². The summed E-state index contributed by atoms with van der Waals surface area (Å²) in [5.74, 6) is 0.470. The van der Waals surface area contributed by atoms with Crippen LogP contribution in [0.15, 0.2) is 55.1 Å². The fourth-order valence-corrected chi connectivity index (χ4v) is 3.29. The molecule has 0 aliphatic heterocycles. The predicted octanol–water partition coefficient (Wildman–Crippen LogP) is 3.91. The van der Waals surface area contributed by atoms with Crippen LogP contribution in [-0.2, 0) is 0 Å². The lowest BCUT2D eigenvalue weighted by Gasteiger charge is -2.28. The maximum Gasteiger partial charge on any atom is 0.153 e. The minimum atomic E-state index is -0.150. The third kappa shape index (κ3) is 3.04. The molecule has 0 radical (unpaired) electrons. The summed E-state index contributed by atoms with van der Waals surface area (Å²) in [4.78, 5) is 14.4. The van der Waals surface area contributed by atoms with Crippen LogP contribution in [0.25, 0.3) is 16.9 Å². The molecule has 3 aromatic heterocycles. The highest BCUT2D eigenvalue weighted by molar-refractivity contribution is 6.30. The highest BCUT2D eigenvalue weighted by atomic mass is 35.5. The number of nitrogens with zero attached hydrogens (tertiary/aromatic N) is 7. The maximum atomic E-state index is 9.48. The van der Waals surface area contributed by atoms with Crippen LogP contribution in [0.3, 0.4) is 0 Å². The van der Waals surface area contributed by atoms with Gasteiger partial charge in [0.05, 0.1) is 11.7 Å². The summed E-state index contributed by atoms with van der Waals surface area (Å²) < 4.78 is 1.75. The first-order chi connectivity index (χ1) is 13.6. The van der Waals surface area contributed by atoms with E-state index in [1.165, 1.54) is 6.33 Å². The maximum absolute atomic E-state index is 9.48. The van der Waals surface area contributed by atoms with Gasteiger partial charge in [0.25, 0.3) is 0 Å². The lowest BCUT2D eigenvalue weighted by atomic mass is 10.0. The van der Waals surface area contributed by atoms with E-state index in [0.29, 0.717) is 5.82 Å². The molecule has 1 atom stereocenters. The molecule has 0 bridgehead atoms. The van der Waals surface area contributed by atoms with Gasteiger partial charge in [0, 0.05) is 30.6 Å². The Balaban J connectivity index is 1.86. The Hall–Kier alpha value is -3.50. The number of fused-ring (bicyclic) bond motifs is 1. The molecule has 0 N–H and O–H groups in total. The molecule has 0 aliphatic carbocycles. The molecule has 28 heavy (non-hydrogen) atoms. The minimum Gasteiger partial charge on any atom is -0.352 e. The van der Waals surface area contributed by atoms with Crippen molar-refractivity contribution in [2.45, 2.75) is 13.0 Å². The Kier molecular flexibility index (Phi) is 4.63. The molecular weight excluding hydrogens is 374 g/mol. The van der Waals surface area contributed by atoms with Crippen molar-refractivity contribution in [3.8, 4) is 17.3 Å². The van der Waals surface area contributed by atoms with E-state index in [2.05, 4.69) is 21.0 Å². The van der Waals surface area contributed by atoms with E-state index in [0.717, 1.165) is 22.5 Å². The third-order valence-electron chi connectivity index (χ3n) is 4.72. The molecule has 0 amide bonds. The summed E-state index contributed by atoms with van der Waals surface area (Å²) in [5.41, 5.74) is 3.79. The number of halogens is 1. The monoisotopic (exact) mass is 389 g/mol. The van der Waals surface area contributed by atoms with Crippen LogP contribution < -0.4 is 4.90 Å². The Labute approximate surface area is 166 Å². The number of benzene rings is 1. The van der Waals surface area contributed by atoms with E-state index in [4.69, 9.17) is 16.7 Å². The summed E-state index contributed by atoms with van der Waals surface area (Å²) >= 11 is 6.09. The molecule has 138 valence electrons. The Morgan fingerprint density at radius 1 is 1.18 bits per heavy atom. The normalized spacial score (nSPS) is 11.9. The Morgan fingerprint density at radius 2 is 1.96 bits per heavy atom. The molecule has 1 aromatic carbocycles. The van der Waals surface area contributed by atoms with E-state index in [-0.39, 0.29) is 16.8 Å². The highest BCUT2D eigenvalue weighted by Gasteiger charge is 2.23. The number of aromatic nitrogens is 5. The van der Waals surface area contributed by atoms with Crippen LogP contribution in [0.4, 0.5) is 5.82 Å². The zero-order valence-corrected chi connectivity index (χ0v) is 16.0. The van der Waals surface area contributed by atoms with Crippen LogP contribution >= 0.6 is 11.6 Å². The van der Waals surface area contributed by atoms with Crippen LogP contribution in [0.5, 0.6) is 0 Å². The van der Waals surface area contributed by atoms with E-state index >= 15 is 0 Å². The zero-order valence-electron chi connectivity index (χ0n) is 15.3. The quantitative estimate of drug-likeness (QED) is 0.492. The van der Waals surface area contributed by atoms with Crippen molar-refractivity contribution in [2.75, 3.05) is 11.9 Å². The van der Waals surface area contributed by atoms with Crippen molar-refractivity contribution in [3.63, 3.8) is 0 Å². The summed E-state index contributed by atoms with van der Waals surface area (Å²) in [6, 6.07) is 13.9. The first-order valence-corrected chi connectivity index (χ1v) is 9.01. The molecule has 8 heteroatoms. The minimum absolute atomic E-state index is 0.136. The number of hydrogen-bond acceptors (Lipinski definition) is 6. The van der Waals surface area contributed by atoms with Gasteiger partial charge in [0.1, 0.15) is 18.0 Å². The van der Waals surface area contributed by atoms with Gasteiger partial charge in [-0.2, -0.15) is 10.4 Å². The molecule has 4 rings (SSSR count). The number of rotatable bonds is 4. The van der Waals surface area contributed by atoms with Gasteiger partial charge in [-0.1, -0.05) is 41.9 Å². The van der Waals surface area contributed by atoms with E-state index in [9.17, 15) is 5.26 Å². The van der Waals surface area contributed by atoms with Crippen molar-refractivity contribution in [1.82, 2.24) is 24.6 Å². The molecule has 0 fully saturated rings. The standard InChI is InChI=1S/C20H16ClN7/c1-13(27(2)20-16(11-22)19(21)24-12-25-20)15-10-17-23-8-9-28(17)26-18(15)14-6-4-3-5-7-14/h3-10,12-13H,1-2H3. The van der Waals surface area contributed by atoms with Gasteiger partial charge in [-0.3, -0.25) is 0 Å². The first kappa shape index (κ1) is 17.9. The van der Waals surface area contributed by atoms with Gasteiger partial charge in [0.2, 0.25) is 0 Å². The summed E-state index contributed by atoms with van der Waals surface area (Å²) in [6.07, 6.45) is 4.89. The van der Waals surface area contributed by atoms with Crippen LogP contribution in [0.2, 0.25) is 5.15 Å². The van der Waals surface area contributed by atoms with E-state index < -0.39 is 0 Å². The summed E-state index contributed by atoms with van der Waals surface area (Å²) in [7, 11) is 1.87. The summed E-state index contributed by atoms with van der Waals surface area (Å²) in [6.45, 7) is 2.03. The van der Waals surface area contributed by atoms with Crippen LogP contribution in [-0.4, -0.2) is 31.6 Å². The lowest BCUT2D eigenvalue weighted by Crippen LogP contribution is -2.25. The predicted molar refractivity (Wildman–Crippen MR) is 107 cm³/mol. The SMILES string of the molecule is CC(c1cc2nccn2nc1-c1ccccc1)N(C)c1ncnc(Cl)c1C#N. The second-order valence-corrected chi connectivity index (χ2v) is 6.66. The number of imidazole rings is 1. The van der Waals surface area contributed by atoms with Crippen molar-refractivity contribution in [1.29, 1.82) is 5.26 Å². The van der Waals surface area contributed by atoms with Crippen molar-refractivity contribution >= 4 is 23.1 Å². The molecule has 1 unspecified atom stereocenters. The molecule has 0 saturated carbocycles. The molecular formula is C20H16ClN7. The summed E-state index contributed by atoms with van der Waals surface area (Å²) in [5, 5.41) is 14.4. The van der Waals surface area contributed by atoms with Gasteiger partial charge in [-0.15, -0.1) is 0 Å². The van der Waals surface area contributed by atoms with Crippen molar-refractivity contribution in [2.24, 2.45) is 0 Å². The Morgan fingerprint density at radius 3 is 2.71 bits per heavy atom. The molecule has 4 aromatic rings. The number of hydrogen-bond donors (Lipinski definition) is 0. The fraction of sp³-hybridized carbons (Fsp3) is 0.150. The first-order valence-electron chi connectivity index (χ1n) is 8.63. The number of nitriles is 1. The zero-order chi connectivity index (χ0) is 19.7. The van der Waals surface area contributed by atoms with Gasteiger partial charge < -0.3 is 4.90 Å². The lowest BCUT2D eigenvalue weighted by molar-refractivity contribution is 0.718. The highest BCUT2D eigenvalue weighted by Crippen LogP contribution is 2.33. The molecule has 0 aliphatic rings. The van der Waals surface area contributed by atoms with Gasteiger partial charge in [-0.05, 0) is 13.0 Å². The van der Waals surface area contributed by atoms with Crippen LogP contribution in [0, 0.1) is 11.3 Å². The average molecular weight is 390 g/mol. The third-order valence-corrected chi connectivity index (χ3v) is 5.01. The van der Waals surface area contributed by atoms with Gasteiger partial charge in [-0.25, -0.2) is 19.5 Å². The Bertz CT molecular complexity index is 1180. The topological polar surface area (TPSA) is 83.0 Å². The van der Waals surface area contributed by atoms with E-state index in [1.54, 1.807) is 10.7 Å². The molecule has 0 spiro atoms. The smallest absolute Gasteiger partial charge is 0.153 e. The molecule has 3 heterocycles. The average Bonchev–Trinajstić information content (AvgIpc) is 3.19. The van der Waals surface area contributed by atoms with Gasteiger partial charge >= 0.3 is 0 Å². The van der Waals surface area contributed by atoms with E-state index in [1.807, 2.05) is 61.5 Å². The van der Waals surface area contributed by atoms with Crippen molar-refractivity contribution in [3.05, 3.63) is 71.4 Å². The fourth-order valence-electron chi connectivity index (χ4n) is 3.12. The molecule has 7 nitrogen and oxygen atoms in total. The largest absolute Gasteiger partial charge is 0.352 e.